The molecule has 0 fully saturated rings. The Morgan fingerprint density at radius 3 is 2.08 bits per heavy atom. The van der Waals surface area contributed by atoms with Crippen LogP contribution >= 0.6 is 0 Å². The van der Waals surface area contributed by atoms with E-state index in [2.05, 4.69) is 6.92 Å². The third-order valence-corrected chi connectivity index (χ3v) is 2.66. The largest absolute Gasteiger partial charge is 0.394 e. The van der Waals surface area contributed by atoms with Gasteiger partial charge in [-0.05, 0) is 12.3 Å². The van der Waals surface area contributed by atoms with Crippen molar-refractivity contribution in [2.45, 2.75) is 45.8 Å². The second kappa shape index (κ2) is 6.35. The van der Waals surface area contributed by atoms with Crippen LogP contribution in [0.15, 0.2) is 0 Å². The van der Waals surface area contributed by atoms with Gasteiger partial charge in [0.1, 0.15) is 0 Å². The molecule has 80 valence electrons. The fourth-order valence-electron chi connectivity index (χ4n) is 1.54. The molecule has 3 N–H and O–H groups in total. The molecule has 3 nitrogen and oxygen atoms in total. The van der Waals surface area contributed by atoms with Crippen molar-refractivity contribution in [3.05, 3.63) is 0 Å². The van der Waals surface area contributed by atoms with E-state index in [1.807, 2.05) is 6.92 Å². The molecule has 13 heavy (non-hydrogen) atoms. The SMILES string of the molecule is CCC[C@@H](C)[C@H](O)[C@H](C)[C@H](O)CO. The second-order valence-corrected chi connectivity index (χ2v) is 3.87. The van der Waals surface area contributed by atoms with Gasteiger partial charge in [-0.15, -0.1) is 0 Å². The van der Waals surface area contributed by atoms with E-state index >= 15 is 0 Å². The highest BCUT2D eigenvalue weighted by Crippen LogP contribution is 2.20. The van der Waals surface area contributed by atoms with Crippen molar-refractivity contribution in [2.24, 2.45) is 11.8 Å². The van der Waals surface area contributed by atoms with Gasteiger partial charge in [-0.3, -0.25) is 0 Å². The lowest BCUT2D eigenvalue weighted by molar-refractivity contribution is -0.0299. The smallest absolute Gasteiger partial charge is 0.0821 e. The predicted molar refractivity (Wildman–Crippen MR) is 52.3 cm³/mol. The fraction of sp³-hybridized carbons (Fsp3) is 1.00. The molecule has 0 rings (SSSR count). The Labute approximate surface area is 80.4 Å². The van der Waals surface area contributed by atoms with Gasteiger partial charge in [0.25, 0.3) is 0 Å². The highest BCUT2D eigenvalue weighted by Gasteiger charge is 2.25. The van der Waals surface area contributed by atoms with Crippen molar-refractivity contribution < 1.29 is 15.3 Å². The number of aliphatic hydroxyl groups is 3. The minimum absolute atomic E-state index is 0.182. The molecule has 0 heterocycles. The lowest BCUT2D eigenvalue weighted by Crippen LogP contribution is -2.35. The monoisotopic (exact) mass is 190 g/mol. The molecule has 0 aromatic heterocycles. The summed E-state index contributed by atoms with van der Waals surface area (Å²) in [5.41, 5.74) is 0. The molecule has 0 aromatic rings. The Bertz CT molecular complexity index is 127. The Morgan fingerprint density at radius 1 is 1.15 bits per heavy atom. The average Bonchev–Trinajstić information content (AvgIpc) is 2.14. The quantitative estimate of drug-likeness (QED) is 0.580. The molecular weight excluding hydrogens is 168 g/mol. The molecule has 0 saturated heterocycles. The van der Waals surface area contributed by atoms with Crippen LogP contribution in [0.4, 0.5) is 0 Å². The van der Waals surface area contributed by atoms with E-state index in [1.165, 1.54) is 0 Å². The molecule has 0 spiro atoms. The van der Waals surface area contributed by atoms with E-state index in [-0.39, 0.29) is 18.4 Å². The molecule has 0 aromatic carbocycles. The topological polar surface area (TPSA) is 60.7 Å². The summed E-state index contributed by atoms with van der Waals surface area (Å²) in [5, 5.41) is 27.8. The van der Waals surface area contributed by atoms with Crippen molar-refractivity contribution in [3.63, 3.8) is 0 Å². The Balaban J connectivity index is 3.99. The molecule has 4 atom stereocenters. The standard InChI is InChI=1S/C10H22O3/c1-4-5-7(2)10(13)8(3)9(12)6-11/h7-13H,4-6H2,1-3H3/t7-,8-,9-,10+/m1/s1. The van der Waals surface area contributed by atoms with Crippen molar-refractivity contribution in [1.82, 2.24) is 0 Å². The van der Waals surface area contributed by atoms with Crippen molar-refractivity contribution in [3.8, 4) is 0 Å². The summed E-state index contributed by atoms with van der Waals surface area (Å²) in [6, 6.07) is 0. The Morgan fingerprint density at radius 2 is 1.69 bits per heavy atom. The van der Waals surface area contributed by atoms with Crippen LogP contribution in [0, 0.1) is 11.8 Å². The van der Waals surface area contributed by atoms with Gasteiger partial charge in [0.05, 0.1) is 18.8 Å². The van der Waals surface area contributed by atoms with Crippen LogP contribution in [-0.2, 0) is 0 Å². The second-order valence-electron chi connectivity index (χ2n) is 3.87. The number of hydrogen-bond donors (Lipinski definition) is 3. The Kier molecular flexibility index (Phi) is 6.29. The lowest BCUT2D eigenvalue weighted by Gasteiger charge is -2.27. The maximum absolute atomic E-state index is 9.75. The first-order valence-corrected chi connectivity index (χ1v) is 5.01. The van der Waals surface area contributed by atoms with Crippen LogP contribution in [0.3, 0.4) is 0 Å². The lowest BCUT2D eigenvalue weighted by atomic mass is 9.87. The van der Waals surface area contributed by atoms with Gasteiger partial charge in [0.15, 0.2) is 0 Å². The first-order valence-electron chi connectivity index (χ1n) is 5.01. The van der Waals surface area contributed by atoms with E-state index in [0.29, 0.717) is 0 Å². The highest BCUT2D eigenvalue weighted by molar-refractivity contribution is 4.75. The van der Waals surface area contributed by atoms with Crippen LogP contribution in [-0.4, -0.2) is 34.1 Å². The van der Waals surface area contributed by atoms with E-state index < -0.39 is 12.2 Å². The highest BCUT2D eigenvalue weighted by atomic mass is 16.3. The molecular formula is C10H22O3. The summed E-state index contributed by atoms with van der Waals surface area (Å²) in [6.45, 7) is 5.51. The van der Waals surface area contributed by atoms with Gasteiger partial charge < -0.3 is 15.3 Å². The Hall–Kier alpha value is -0.120. The van der Waals surface area contributed by atoms with Crippen molar-refractivity contribution in [1.29, 1.82) is 0 Å². The molecule has 3 heteroatoms. The zero-order valence-electron chi connectivity index (χ0n) is 8.77. The molecule has 0 amide bonds. The molecule has 0 saturated carbocycles. The molecule has 0 aliphatic heterocycles. The van der Waals surface area contributed by atoms with Gasteiger partial charge in [-0.2, -0.15) is 0 Å². The van der Waals surface area contributed by atoms with Crippen LogP contribution in [0.1, 0.15) is 33.6 Å². The maximum Gasteiger partial charge on any atom is 0.0821 e. The normalized spacial score (nSPS) is 20.8. The summed E-state index contributed by atoms with van der Waals surface area (Å²) in [5.74, 6) is -0.0762. The van der Waals surface area contributed by atoms with Crippen LogP contribution in [0.2, 0.25) is 0 Å². The molecule has 0 bridgehead atoms. The van der Waals surface area contributed by atoms with Crippen LogP contribution in [0.5, 0.6) is 0 Å². The van der Waals surface area contributed by atoms with E-state index in [1.54, 1.807) is 6.92 Å². The first kappa shape index (κ1) is 12.9. The zero-order chi connectivity index (χ0) is 10.4. The third kappa shape index (κ3) is 4.07. The summed E-state index contributed by atoms with van der Waals surface area (Å²) in [6.07, 6.45) is 0.639. The number of hydrogen-bond acceptors (Lipinski definition) is 3. The minimum Gasteiger partial charge on any atom is -0.394 e. The zero-order valence-corrected chi connectivity index (χ0v) is 8.77. The maximum atomic E-state index is 9.75. The van der Waals surface area contributed by atoms with Crippen LogP contribution in [0.25, 0.3) is 0 Å². The molecule has 0 aliphatic carbocycles. The third-order valence-electron chi connectivity index (χ3n) is 2.66. The van der Waals surface area contributed by atoms with Gasteiger partial charge >= 0.3 is 0 Å². The summed E-state index contributed by atoms with van der Waals surface area (Å²) < 4.78 is 0. The molecule has 0 unspecified atom stereocenters. The van der Waals surface area contributed by atoms with Gasteiger partial charge in [-0.25, -0.2) is 0 Å². The van der Waals surface area contributed by atoms with Gasteiger partial charge in [0, 0.05) is 5.92 Å². The van der Waals surface area contributed by atoms with E-state index in [4.69, 9.17) is 5.11 Å². The number of rotatable bonds is 6. The average molecular weight is 190 g/mol. The minimum atomic E-state index is -0.811. The van der Waals surface area contributed by atoms with E-state index in [9.17, 15) is 10.2 Å². The fourth-order valence-corrected chi connectivity index (χ4v) is 1.54. The molecule has 0 aliphatic rings. The summed E-state index contributed by atoms with van der Waals surface area (Å²) >= 11 is 0. The van der Waals surface area contributed by atoms with E-state index in [0.717, 1.165) is 12.8 Å². The summed E-state index contributed by atoms with van der Waals surface area (Å²) in [4.78, 5) is 0. The van der Waals surface area contributed by atoms with Gasteiger partial charge in [-0.1, -0.05) is 27.2 Å². The first-order chi connectivity index (χ1) is 6.04. The van der Waals surface area contributed by atoms with Crippen molar-refractivity contribution in [2.75, 3.05) is 6.61 Å². The predicted octanol–water partition coefficient (Wildman–Crippen LogP) is 0.773. The van der Waals surface area contributed by atoms with Gasteiger partial charge in [0.2, 0.25) is 0 Å². The molecule has 0 radical (unpaired) electrons. The van der Waals surface area contributed by atoms with Crippen LogP contribution < -0.4 is 0 Å². The van der Waals surface area contributed by atoms with Crippen molar-refractivity contribution >= 4 is 0 Å². The summed E-state index contributed by atoms with van der Waals surface area (Å²) in [7, 11) is 0. The number of aliphatic hydroxyl groups excluding tert-OH is 3.